The second kappa shape index (κ2) is 7.85. The third-order valence-electron chi connectivity index (χ3n) is 4.57. The first-order valence-electron chi connectivity index (χ1n) is 7.84. The smallest absolute Gasteiger partial charge is 0.323 e. The molecule has 1 aliphatic heterocycles. The van der Waals surface area contributed by atoms with E-state index in [9.17, 15) is 4.79 Å². The normalized spacial score (nSPS) is 24.7. The van der Waals surface area contributed by atoms with Crippen LogP contribution >= 0.6 is 0 Å². The van der Waals surface area contributed by atoms with E-state index in [1.54, 1.807) is 0 Å². The Kier molecular flexibility index (Phi) is 6.11. The molecule has 0 radical (unpaired) electrons. The lowest BCUT2D eigenvalue weighted by molar-refractivity contribution is -0.147. The summed E-state index contributed by atoms with van der Waals surface area (Å²) in [4.78, 5) is 14.4. The molecule has 1 heterocycles. The fraction of sp³-hybridized carbons (Fsp3) is 0.933. The standard InChI is InChI=1S/C15H28N2O2/c1-19-15(18)14(12-13-6-3-2-4-7-13)17-10-5-8-16-9-11-17/h13-14,16H,2-12H2,1H3. The Morgan fingerprint density at radius 2 is 2.00 bits per heavy atom. The molecule has 19 heavy (non-hydrogen) atoms. The number of nitrogens with one attached hydrogen (secondary N) is 1. The number of hydrogen-bond acceptors (Lipinski definition) is 4. The van der Waals surface area contributed by atoms with E-state index in [1.807, 2.05) is 0 Å². The lowest BCUT2D eigenvalue weighted by Gasteiger charge is -2.32. The van der Waals surface area contributed by atoms with Gasteiger partial charge >= 0.3 is 5.97 Å². The summed E-state index contributed by atoms with van der Waals surface area (Å²) in [6, 6.07) is -0.0204. The molecule has 1 saturated heterocycles. The van der Waals surface area contributed by atoms with Crippen LogP contribution in [-0.2, 0) is 9.53 Å². The average Bonchev–Trinajstić information content (AvgIpc) is 2.74. The number of carbonyl (C=O) groups excluding carboxylic acids is 1. The largest absolute Gasteiger partial charge is 0.468 e. The predicted molar refractivity (Wildman–Crippen MR) is 76.1 cm³/mol. The molecule has 1 saturated carbocycles. The van der Waals surface area contributed by atoms with E-state index in [2.05, 4.69) is 10.2 Å². The predicted octanol–water partition coefficient (Wildman–Crippen LogP) is 1.79. The third-order valence-corrected chi connectivity index (χ3v) is 4.57. The maximum absolute atomic E-state index is 12.1. The molecule has 2 aliphatic rings. The van der Waals surface area contributed by atoms with E-state index in [-0.39, 0.29) is 12.0 Å². The molecule has 4 heteroatoms. The second-order valence-corrected chi connectivity index (χ2v) is 5.92. The van der Waals surface area contributed by atoms with Crippen molar-refractivity contribution in [3.8, 4) is 0 Å². The van der Waals surface area contributed by atoms with Crippen molar-refractivity contribution in [1.29, 1.82) is 0 Å². The summed E-state index contributed by atoms with van der Waals surface area (Å²) < 4.78 is 5.05. The number of carbonyl (C=O) groups is 1. The van der Waals surface area contributed by atoms with Crippen LogP contribution in [0.2, 0.25) is 0 Å². The molecule has 110 valence electrons. The first-order chi connectivity index (χ1) is 9.31. The van der Waals surface area contributed by atoms with Crippen molar-refractivity contribution in [3.63, 3.8) is 0 Å². The maximum Gasteiger partial charge on any atom is 0.323 e. The van der Waals surface area contributed by atoms with Gasteiger partial charge in [0.1, 0.15) is 6.04 Å². The fourth-order valence-electron chi connectivity index (χ4n) is 3.45. The van der Waals surface area contributed by atoms with Crippen molar-refractivity contribution in [1.82, 2.24) is 10.2 Å². The van der Waals surface area contributed by atoms with Gasteiger partial charge in [-0.1, -0.05) is 32.1 Å². The molecule has 1 N–H and O–H groups in total. The zero-order valence-electron chi connectivity index (χ0n) is 12.2. The first kappa shape index (κ1) is 14.8. The Bertz CT molecular complexity index is 269. The van der Waals surface area contributed by atoms with E-state index < -0.39 is 0 Å². The number of methoxy groups -OCH3 is 1. The van der Waals surface area contributed by atoms with Crippen LogP contribution in [-0.4, -0.2) is 50.2 Å². The number of ether oxygens (including phenoxy) is 1. The Labute approximate surface area is 116 Å². The van der Waals surface area contributed by atoms with E-state index in [4.69, 9.17) is 4.74 Å². The van der Waals surface area contributed by atoms with Crippen LogP contribution in [0.5, 0.6) is 0 Å². The topological polar surface area (TPSA) is 41.6 Å². The summed E-state index contributed by atoms with van der Waals surface area (Å²) in [6.45, 7) is 4.03. The van der Waals surface area contributed by atoms with Gasteiger partial charge in [-0.2, -0.15) is 0 Å². The van der Waals surface area contributed by atoms with Crippen molar-refractivity contribution in [2.75, 3.05) is 33.3 Å². The third kappa shape index (κ3) is 4.46. The van der Waals surface area contributed by atoms with Gasteiger partial charge in [0, 0.05) is 19.6 Å². The van der Waals surface area contributed by atoms with Gasteiger partial charge in [-0.3, -0.25) is 9.69 Å². The highest BCUT2D eigenvalue weighted by Crippen LogP contribution is 2.29. The summed E-state index contributed by atoms with van der Waals surface area (Å²) in [7, 11) is 1.52. The zero-order valence-corrected chi connectivity index (χ0v) is 12.2. The van der Waals surface area contributed by atoms with Crippen LogP contribution in [0, 0.1) is 5.92 Å². The maximum atomic E-state index is 12.1. The molecule has 0 amide bonds. The summed E-state index contributed by atoms with van der Waals surface area (Å²) >= 11 is 0. The highest BCUT2D eigenvalue weighted by Gasteiger charge is 2.30. The number of hydrogen-bond donors (Lipinski definition) is 1. The van der Waals surface area contributed by atoms with Gasteiger partial charge in [-0.05, 0) is 25.3 Å². The highest BCUT2D eigenvalue weighted by atomic mass is 16.5. The van der Waals surface area contributed by atoms with Crippen molar-refractivity contribution < 1.29 is 9.53 Å². The molecule has 2 fully saturated rings. The van der Waals surface area contributed by atoms with Crippen LogP contribution in [0.3, 0.4) is 0 Å². The summed E-state index contributed by atoms with van der Waals surface area (Å²) in [5.74, 6) is 0.682. The quantitative estimate of drug-likeness (QED) is 0.789. The lowest BCUT2D eigenvalue weighted by atomic mass is 9.84. The molecule has 2 rings (SSSR count). The number of rotatable bonds is 4. The Morgan fingerprint density at radius 1 is 1.21 bits per heavy atom. The monoisotopic (exact) mass is 268 g/mol. The molecule has 1 aliphatic carbocycles. The van der Waals surface area contributed by atoms with E-state index in [0.29, 0.717) is 5.92 Å². The molecule has 0 aromatic rings. The molecular formula is C15H28N2O2. The van der Waals surface area contributed by atoms with Gasteiger partial charge in [0.2, 0.25) is 0 Å². The summed E-state index contributed by atoms with van der Waals surface area (Å²) in [6.07, 6.45) is 8.73. The van der Waals surface area contributed by atoms with Crippen LogP contribution in [0.1, 0.15) is 44.9 Å². The molecule has 0 bridgehead atoms. The Balaban J connectivity index is 1.95. The highest BCUT2D eigenvalue weighted by molar-refractivity contribution is 5.75. The number of nitrogens with zero attached hydrogens (tertiary/aromatic N) is 1. The van der Waals surface area contributed by atoms with Gasteiger partial charge < -0.3 is 10.1 Å². The van der Waals surface area contributed by atoms with Crippen LogP contribution < -0.4 is 5.32 Å². The molecule has 1 atom stereocenters. The molecule has 0 aromatic carbocycles. The Hall–Kier alpha value is -0.610. The van der Waals surface area contributed by atoms with Crippen molar-refractivity contribution in [2.45, 2.75) is 51.0 Å². The van der Waals surface area contributed by atoms with Gasteiger partial charge in [0.05, 0.1) is 7.11 Å². The first-order valence-corrected chi connectivity index (χ1v) is 7.84. The minimum Gasteiger partial charge on any atom is -0.468 e. The van der Waals surface area contributed by atoms with Gasteiger partial charge in [-0.25, -0.2) is 0 Å². The average molecular weight is 268 g/mol. The summed E-state index contributed by atoms with van der Waals surface area (Å²) in [5, 5.41) is 3.40. The SMILES string of the molecule is COC(=O)C(CC1CCCCC1)N1CCCNCC1. The molecule has 4 nitrogen and oxygen atoms in total. The minimum absolute atomic E-state index is 0.0204. The second-order valence-electron chi connectivity index (χ2n) is 5.92. The van der Waals surface area contributed by atoms with Crippen LogP contribution in [0.15, 0.2) is 0 Å². The van der Waals surface area contributed by atoms with Crippen molar-refractivity contribution >= 4 is 5.97 Å². The van der Waals surface area contributed by atoms with Gasteiger partial charge in [0.25, 0.3) is 0 Å². The molecule has 0 spiro atoms. The van der Waals surface area contributed by atoms with Crippen LogP contribution in [0.4, 0.5) is 0 Å². The van der Waals surface area contributed by atoms with E-state index in [0.717, 1.165) is 39.0 Å². The summed E-state index contributed by atoms with van der Waals surface area (Å²) in [5.41, 5.74) is 0. The minimum atomic E-state index is -0.0347. The van der Waals surface area contributed by atoms with Crippen LogP contribution in [0.25, 0.3) is 0 Å². The Morgan fingerprint density at radius 3 is 2.74 bits per heavy atom. The molecular weight excluding hydrogens is 240 g/mol. The van der Waals surface area contributed by atoms with E-state index >= 15 is 0 Å². The lowest BCUT2D eigenvalue weighted by Crippen LogP contribution is -2.45. The van der Waals surface area contributed by atoms with Crippen molar-refractivity contribution in [3.05, 3.63) is 0 Å². The van der Waals surface area contributed by atoms with Crippen molar-refractivity contribution in [2.24, 2.45) is 5.92 Å². The van der Waals surface area contributed by atoms with Gasteiger partial charge in [0.15, 0.2) is 0 Å². The molecule has 1 unspecified atom stereocenters. The zero-order chi connectivity index (χ0) is 13.5. The fourth-order valence-corrected chi connectivity index (χ4v) is 3.45. The number of esters is 1. The van der Waals surface area contributed by atoms with E-state index in [1.165, 1.54) is 39.2 Å². The van der Waals surface area contributed by atoms with Gasteiger partial charge in [-0.15, -0.1) is 0 Å². The molecule has 0 aromatic heterocycles.